The maximum atomic E-state index is 13.5. The quantitative estimate of drug-likeness (QED) is 0.345. The number of ketones is 1. The highest BCUT2D eigenvalue weighted by atomic mass is 35.5. The van der Waals surface area contributed by atoms with Gasteiger partial charge in [-0.2, -0.15) is 8.42 Å². The van der Waals surface area contributed by atoms with Crippen molar-refractivity contribution in [3.8, 4) is 0 Å². The Balaban J connectivity index is 1.34. The molecule has 4 N–H and O–H groups in total. The summed E-state index contributed by atoms with van der Waals surface area (Å²) >= 11 is 7.71. The number of anilines is 1. The average molecular weight is 566 g/mol. The molecule has 1 aliphatic carbocycles. The lowest BCUT2D eigenvalue weighted by atomic mass is 9.99. The van der Waals surface area contributed by atoms with Crippen LogP contribution in [0.25, 0.3) is 0 Å². The van der Waals surface area contributed by atoms with Crippen molar-refractivity contribution in [2.45, 2.75) is 37.5 Å². The van der Waals surface area contributed by atoms with Gasteiger partial charge in [0.1, 0.15) is 18.2 Å². The highest BCUT2D eigenvalue weighted by Crippen LogP contribution is 2.40. The number of hydrogen-bond donors (Lipinski definition) is 3. The van der Waals surface area contributed by atoms with Crippen molar-refractivity contribution < 1.29 is 27.2 Å². The lowest BCUT2D eigenvalue weighted by Gasteiger charge is -2.24. The van der Waals surface area contributed by atoms with E-state index in [9.17, 15) is 18.3 Å². The monoisotopic (exact) mass is 565 g/mol. The van der Waals surface area contributed by atoms with Gasteiger partial charge in [-0.3, -0.25) is 14.0 Å². The number of hydrogen-bond acceptors (Lipinski definition) is 11. The molecule has 3 aromatic rings. The minimum atomic E-state index is -4.11. The number of carbonyl (C=O) groups is 1. The predicted molar refractivity (Wildman–Crippen MR) is 136 cm³/mol. The summed E-state index contributed by atoms with van der Waals surface area (Å²) in [6, 6.07) is 5.34. The number of nitrogens with two attached hydrogens (primary N) is 1. The first-order chi connectivity index (χ1) is 17.7. The highest BCUT2D eigenvalue weighted by Gasteiger charge is 2.35. The highest BCUT2D eigenvalue weighted by molar-refractivity contribution is 7.84. The molecule has 1 aliphatic heterocycles. The molecule has 0 unspecified atom stereocenters. The summed E-state index contributed by atoms with van der Waals surface area (Å²) in [5.74, 6) is -0.453. The molecule has 0 amide bonds. The molecular weight excluding hydrogens is 542 g/mol. The minimum Gasteiger partial charge on any atom is -0.393 e. The van der Waals surface area contributed by atoms with E-state index in [0.717, 1.165) is 29.0 Å². The van der Waals surface area contributed by atoms with Crippen molar-refractivity contribution in [3.63, 3.8) is 0 Å². The molecule has 0 aromatic carbocycles. The number of thiophene rings is 1. The summed E-state index contributed by atoms with van der Waals surface area (Å²) < 4.78 is 33.2. The fraction of sp³-hybridized carbons (Fsp3) is 0.391. The van der Waals surface area contributed by atoms with Crippen molar-refractivity contribution in [2.24, 2.45) is 11.1 Å². The lowest BCUT2D eigenvalue weighted by molar-refractivity contribution is 0.0667. The lowest BCUT2D eigenvalue weighted by Crippen LogP contribution is -2.24. The summed E-state index contributed by atoms with van der Waals surface area (Å²) in [6.45, 7) is 0.293. The van der Waals surface area contributed by atoms with Crippen molar-refractivity contribution in [1.29, 1.82) is 0 Å². The number of aliphatic hydroxyl groups is 1. The Morgan fingerprint density at radius 3 is 3.00 bits per heavy atom. The van der Waals surface area contributed by atoms with Crippen molar-refractivity contribution >= 4 is 44.8 Å². The van der Waals surface area contributed by atoms with Gasteiger partial charge in [0.05, 0.1) is 39.8 Å². The Bertz CT molecular complexity index is 1420. The first kappa shape index (κ1) is 26.1. The SMILES string of the molecule is NS(=O)(=O)OC[C@H]1C[C@@H](Nc2ncncc2C(=O)c2cc([C@@H]3OCCc4cccnc43)c(Cl)s2)C[C@@H]1O. The van der Waals surface area contributed by atoms with Gasteiger partial charge in [0.25, 0.3) is 0 Å². The number of nitrogens with zero attached hydrogens (tertiary/aromatic N) is 3. The van der Waals surface area contributed by atoms with Gasteiger partial charge >= 0.3 is 10.3 Å². The van der Waals surface area contributed by atoms with Gasteiger partial charge in [0, 0.05) is 29.9 Å². The average Bonchev–Trinajstić information content (AvgIpc) is 3.43. The summed E-state index contributed by atoms with van der Waals surface area (Å²) in [7, 11) is -4.11. The third kappa shape index (κ3) is 5.82. The van der Waals surface area contributed by atoms with Gasteiger partial charge in [-0.1, -0.05) is 17.7 Å². The standard InChI is InChI=1S/C23H24ClN5O6S2/c24-22-15(21-19-12(3-5-34-21)2-1-4-27-19)8-18(36-22)20(31)16-9-26-11-28-23(16)29-14-6-13(17(30)7-14)10-35-37(25,32)33/h1-2,4,8-9,11,13-14,17,21,30H,3,5-7,10H2,(H2,25,32,33)(H,26,28,29)/t13-,14-,17+,21+/m1/s1. The molecule has 5 rings (SSSR count). The van der Waals surface area contributed by atoms with Crippen LogP contribution in [0, 0.1) is 5.92 Å². The minimum absolute atomic E-state index is 0.231. The van der Waals surface area contributed by atoms with Crippen molar-refractivity contribution in [1.82, 2.24) is 15.0 Å². The normalized spacial score (nSPS) is 23.5. The molecule has 2 aliphatic rings. The molecule has 4 heterocycles. The molecule has 196 valence electrons. The summed E-state index contributed by atoms with van der Waals surface area (Å²) in [5.41, 5.74) is 2.80. The number of halogens is 1. The van der Waals surface area contributed by atoms with Crippen molar-refractivity contribution in [3.05, 3.63) is 68.5 Å². The van der Waals surface area contributed by atoms with E-state index in [1.165, 1.54) is 12.5 Å². The Morgan fingerprint density at radius 2 is 2.19 bits per heavy atom. The first-order valence-corrected chi connectivity index (χ1v) is 14.2. The molecule has 0 radical (unpaired) electrons. The number of fused-ring (bicyclic) bond motifs is 1. The van der Waals surface area contributed by atoms with Crippen LogP contribution in [0.2, 0.25) is 4.34 Å². The molecule has 14 heteroatoms. The molecule has 1 fully saturated rings. The van der Waals surface area contributed by atoms with E-state index < -0.39 is 28.4 Å². The zero-order chi connectivity index (χ0) is 26.2. The van der Waals surface area contributed by atoms with Gasteiger partial charge in [-0.25, -0.2) is 15.1 Å². The smallest absolute Gasteiger partial charge is 0.333 e. The molecule has 0 spiro atoms. The van der Waals surface area contributed by atoms with Crippen LogP contribution < -0.4 is 10.5 Å². The molecule has 0 bridgehead atoms. The van der Waals surface area contributed by atoms with E-state index in [4.69, 9.17) is 21.5 Å². The Hall–Kier alpha value is -2.52. The van der Waals surface area contributed by atoms with Crippen LogP contribution >= 0.6 is 22.9 Å². The number of carbonyl (C=O) groups excluding carboxylic acids is 1. The van der Waals surface area contributed by atoms with Crippen LogP contribution in [-0.2, 0) is 25.6 Å². The van der Waals surface area contributed by atoms with Crippen LogP contribution in [0.5, 0.6) is 0 Å². The Labute approximate surface area is 222 Å². The number of ether oxygens (including phenoxy) is 1. The third-order valence-corrected chi connectivity index (χ3v) is 8.30. The molecule has 11 nitrogen and oxygen atoms in total. The Kier molecular flexibility index (Phi) is 7.54. The van der Waals surface area contributed by atoms with Gasteiger partial charge in [0.15, 0.2) is 0 Å². The van der Waals surface area contributed by atoms with E-state index in [1.807, 2.05) is 12.1 Å². The molecule has 0 saturated heterocycles. The third-order valence-electron chi connectivity index (χ3n) is 6.45. The Morgan fingerprint density at radius 1 is 1.35 bits per heavy atom. The van der Waals surface area contributed by atoms with Crippen molar-refractivity contribution in [2.75, 3.05) is 18.5 Å². The van der Waals surface area contributed by atoms with E-state index in [1.54, 1.807) is 12.3 Å². The largest absolute Gasteiger partial charge is 0.393 e. The zero-order valence-corrected chi connectivity index (χ0v) is 21.8. The number of rotatable bonds is 8. The molecule has 3 aromatic heterocycles. The summed E-state index contributed by atoms with van der Waals surface area (Å²) in [6.07, 6.45) is 4.66. The maximum absolute atomic E-state index is 13.5. The second kappa shape index (κ2) is 10.7. The fourth-order valence-corrected chi connectivity index (χ4v) is 6.33. The van der Waals surface area contributed by atoms with Crippen LogP contribution in [0.1, 0.15) is 51.0 Å². The van der Waals surface area contributed by atoms with E-state index in [2.05, 4.69) is 24.5 Å². The van der Waals surface area contributed by atoms with Gasteiger partial charge in [0.2, 0.25) is 5.78 Å². The molecule has 37 heavy (non-hydrogen) atoms. The molecular formula is C23H24ClN5O6S2. The topological polar surface area (TPSA) is 167 Å². The van der Waals surface area contributed by atoms with Gasteiger partial charge in [-0.05, 0) is 37.0 Å². The van der Waals surface area contributed by atoms with Crippen LogP contribution in [0.4, 0.5) is 5.82 Å². The number of pyridine rings is 1. The first-order valence-electron chi connectivity index (χ1n) is 11.5. The molecule has 4 atom stereocenters. The van der Waals surface area contributed by atoms with E-state index >= 15 is 0 Å². The number of aliphatic hydroxyl groups excluding tert-OH is 1. The van der Waals surface area contributed by atoms with Crippen LogP contribution in [0.15, 0.2) is 36.9 Å². The fourth-order valence-electron chi connectivity index (χ4n) is 4.69. The van der Waals surface area contributed by atoms with E-state index in [0.29, 0.717) is 40.0 Å². The number of nitrogens with one attached hydrogen (secondary N) is 1. The predicted octanol–water partition coefficient (Wildman–Crippen LogP) is 2.25. The van der Waals surface area contributed by atoms with Crippen LogP contribution in [-0.4, -0.2) is 59.6 Å². The second-order valence-electron chi connectivity index (χ2n) is 8.92. The zero-order valence-electron chi connectivity index (χ0n) is 19.4. The van der Waals surface area contributed by atoms with Gasteiger partial charge < -0.3 is 15.2 Å². The maximum Gasteiger partial charge on any atom is 0.333 e. The second-order valence-corrected chi connectivity index (χ2v) is 11.8. The molecule has 1 saturated carbocycles. The van der Waals surface area contributed by atoms with Gasteiger partial charge in [-0.15, -0.1) is 11.3 Å². The summed E-state index contributed by atoms with van der Waals surface area (Å²) in [4.78, 5) is 26.6. The number of aromatic nitrogens is 3. The van der Waals surface area contributed by atoms with Crippen LogP contribution in [0.3, 0.4) is 0 Å². The summed E-state index contributed by atoms with van der Waals surface area (Å²) in [5, 5.41) is 18.4. The van der Waals surface area contributed by atoms with E-state index in [-0.39, 0.29) is 24.0 Å².